The van der Waals surface area contributed by atoms with Crippen LogP contribution in [0.1, 0.15) is 17.7 Å². The summed E-state index contributed by atoms with van der Waals surface area (Å²) in [6, 6.07) is 3.69. The summed E-state index contributed by atoms with van der Waals surface area (Å²) in [5, 5.41) is 0. The Hall–Kier alpha value is -1.22. The lowest BCUT2D eigenvalue weighted by Gasteiger charge is -2.15. The van der Waals surface area contributed by atoms with Crippen LogP contribution in [0.2, 0.25) is 0 Å². The molecule has 1 aromatic rings. The van der Waals surface area contributed by atoms with Crippen LogP contribution in [0, 0.1) is 0 Å². The van der Waals surface area contributed by atoms with E-state index in [0.717, 1.165) is 24.0 Å². The van der Waals surface area contributed by atoms with E-state index >= 15 is 0 Å². The Balaban J connectivity index is 2.56. The van der Waals surface area contributed by atoms with Crippen LogP contribution >= 0.6 is 0 Å². The Labute approximate surface area is 70.6 Å². The van der Waals surface area contributed by atoms with Crippen LogP contribution in [0.4, 0.5) is 0 Å². The van der Waals surface area contributed by atoms with Crippen LogP contribution in [0.25, 0.3) is 0 Å². The average molecular weight is 162 g/mol. The summed E-state index contributed by atoms with van der Waals surface area (Å²) in [4.78, 5) is 14.9. The zero-order valence-electron chi connectivity index (χ0n) is 6.66. The molecule has 0 bridgehead atoms. The van der Waals surface area contributed by atoms with E-state index in [-0.39, 0.29) is 0 Å². The Bertz CT molecular complexity index is 324. The Morgan fingerprint density at radius 1 is 1.67 bits per heavy atom. The van der Waals surface area contributed by atoms with Crippen molar-refractivity contribution in [3.05, 3.63) is 29.6 Å². The summed E-state index contributed by atoms with van der Waals surface area (Å²) in [5.41, 5.74) is 6.94. The lowest BCUT2D eigenvalue weighted by atomic mass is 9.96. The number of carbonyl (C=O) groups is 1. The van der Waals surface area contributed by atoms with Gasteiger partial charge in [0.05, 0.1) is 5.54 Å². The van der Waals surface area contributed by atoms with Gasteiger partial charge in [-0.2, -0.15) is 0 Å². The molecule has 0 spiro atoms. The number of pyridine rings is 1. The molecule has 1 aromatic heterocycles. The van der Waals surface area contributed by atoms with E-state index in [9.17, 15) is 4.79 Å². The number of aryl methyl sites for hydroxylation is 1. The van der Waals surface area contributed by atoms with E-state index in [4.69, 9.17) is 5.73 Å². The standard InChI is InChI=1S/C9H10N2O/c10-9(6-12)4-3-8-7(9)2-1-5-11-8/h1-2,5-6H,3-4,10H2. The van der Waals surface area contributed by atoms with E-state index in [2.05, 4.69) is 4.98 Å². The Morgan fingerprint density at radius 3 is 3.25 bits per heavy atom. The number of hydrogen-bond acceptors (Lipinski definition) is 3. The normalized spacial score (nSPS) is 26.8. The minimum Gasteiger partial charge on any atom is -0.315 e. The maximum absolute atomic E-state index is 10.7. The molecule has 0 aromatic carbocycles. The molecule has 1 atom stereocenters. The van der Waals surface area contributed by atoms with Crippen molar-refractivity contribution < 1.29 is 4.79 Å². The van der Waals surface area contributed by atoms with Crippen molar-refractivity contribution in [1.29, 1.82) is 0 Å². The van der Waals surface area contributed by atoms with Gasteiger partial charge in [0.15, 0.2) is 0 Å². The summed E-state index contributed by atoms with van der Waals surface area (Å²) in [7, 11) is 0. The summed E-state index contributed by atoms with van der Waals surface area (Å²) < 4.78 is 0. The molecule has 2 N–H and O–H groups in total. The topological polar surface area (TPSA) is 56.0 Å². The van der Waals surface area contributed by atoms with Crippen molar-refractivity contribution in [3.63, 3.8) is 0 Å². The summed E-state index contributed by atoms with van der Waals surface area (Å²) in [6.45, 7) is 0. The second kappa shape index (κ2) is 2.38. The molecule has 62 valence electrons. The molecule has 12 heavy (non-hydrogen) atoms. The molecule has 1 unspecified atom stereocenters. The molecule has 1 aliphatic rings. The Kier molecular flexibility index (Phi) is 1.48. The first kappa shape index (κ1) is 7.43. The van der Waals surface area contributed by atoms with Gasteiger partial charge in [-0.1, -0.05) is 6.07 Å². The average Bonchev–Trinajstić information content (AvgIpc) is 2.46. The second-order valence-corrected chi connectivity index (χ2v) is 3.16. The molecular formula is C9H10N2O. The number of rotatable bonds is 1. The van der Waals surface area contributed by atoms with E-state index in [1.54, 1.807) is 6.20 Å². The number of nitrogens with zero attached hydrogens (tertiary/aromatic N) is 1. The van der Waals surface area contributed by atoms with Crippen molar-refractivity contribution in [2.75, 3.05) is 0 Å². The van der Waals surface area contributed by atoms with Crippen LogP contribution in [-0.4, -0.2) is 11.3 Å². The van der Waals surface area contributed by atoms with Crippen LogP contribution in [0.3, 0.4) is 0 Å². The van der Waals surface area contributed by atoms with Gasteiger partial charge in [-0.05, 0) is 18.9 Å². The van der Waals surface area contributed by atoms with Gasteiger partial charge in [0.2, 0.25) is 0 Å². The molecule has 0 amide bonds. The highest BCUT2D eigenvalue weighted by molar-refractivity contribution is 5.69. The van der Waals surface area contributed by atoms with E-state index < -0.39 is 5.54 Å². The number of aromatic nitrogens is 1. The largest absolute Gasteiger partial charge is 0.315 e. The van der Waals surface area contributed by atoms with E-state index in [1.165, 1.54) is 0 Å². The fraction of sp³-hybridized carbons (Fsp3) is 0.333. The van der Waals surface area contributed by atoms with E-state index in [1.807, 2.05) is 12.1 Å². The Morgan fingerprint density at radius 2 is 2.50 bits per heavy atom. The smallest absolute Gasteiger partial charge is 0.144 e. The maximum Gasteiger partial charge on any atom is 0.144 e. The van der Waals surface area contributed by atoms with E-state index in [0.29, 0.717) is 6.42 Å². The molecule has 0 fully saturated rings. The lowest BCUT2D eigenvalue weighted by Crippen LogP contribution is -2.35. The molecule has 0 aliphatic heterocycles. The van der Waals surface area contributed by atoms with Gasteiger partial charge in [-0.15, -0.1) is 0 Å². The van der Waals surface area contributed by atoms with Crippen LogP contribution in [-0.2, 0) is 16.8 Å². The SMILES string of the molecule is NC1(C=O)CCc2ncccc21. The number of carbonyl (C=O) groups excluding carboxylic acids is 1. The predicted octanol–water partition coefficient (Wildman–Crippen LogP) is 0.381. The maximum atomic E-state index is 10.7. The lowest BCUT2D eigenvalue weighted by molar-refractivity contribution is -0.112. The third kappa shape index (κ3) is 0.865. The monoisotopic (exact) mass is 162 g/mol. The number of aldehydes is 1. The second-order valence-electron chi connectivity index (χ2n) is 3.16. The van der Waals surface area contributed by atoms with Gasteiger partial charge in [0.1, 0.15) is 6.29 Å². The minimum atomic E-state index is -0.774. The highest BCUT2D eigenvalue weighted by Crippen LogP contribution is 2.31. The molecule has 3 heteroatoms. The first-order valence-electron chi connectivity index (χ1n) is 3.96. The fourth-order valence-corrected chi connectivity index (χ4v) is 1.64. The third-order valence-corrected chi connectivity index (χ3v) is 2.38. The molecule has 0 radical (unpaired) electrons. The first-order chi connectivity index (χ1) is 5.76. The molecule has 1 heterocycles. The molecular weight excluding hydrogens is 152 g/mol. The van der Waals surface area contributed by atoms with Crippen molar-refractivity contribution >= 4 is 6.29 Å². The zero-order valence-corrected chi connectivity index (χ0v) is 6.66. The highest BCUT2D eigenvalue weighted by atomic mass is 16.1. The molecule has 0 saturated heterocycles. The molecule has 1 aliphatic carbocycles. The fourth-order valence-electron chi connectivity index (χ4n) is 1.64. The quantitative estimate of drug-likeness (QED) is 0.607. The summed E-state index contributed by atoms with van der Waals surface area (Å²) in [6.07, 6.45) is 4.05. The van der Waals surface area contributed by atoms with Gasteiger partial charge < -0.3 is 10.5 Å². The summed E-state index contributed by atoms with van der Waals surface area (Å²) in [5.74, 6) is 0. The summed E-state index contributed by atoms with van der Waals surface area (Å²) >= 11 is 0. The van der Waals surface area contributed by atoms with Gasteiger partial charge >= 0.3 is 0 Å². The van der Waals surface area contributed by atoms with Gasteiger partial charge in [0, 0.05) is 17.5 Å². The van der Waals surface area contributed by atoms with Crippen molar-refractivity contribution in [2.24, 2.45) is 5.73 Å². The van der Waals surface area contributed by atoms with Crippen molar-refractivity contribution in [3.8, 4) is 0 Å². The number of hydrogen-bond donors (Lipinski definition) is 1. The minimum absolute atomic E-state index is 0.683. The van der Waals surface area contributed by atoms with Gasteiger partial charge in [0.25, 0.3) is 0 Å². The molecule has 0 saturated carbocycles. The number of fused-ring (bicyclic) bond motifs is 1. The molecule has 2 rings (SSSR count). The van der Waals surface area contributed by atoms with Crippen LogP contribution < -0.4 is 5.73 Å². The number of nitrogens with two attached hydrogens (primary N) is 1. The van der Waals surface area contributed by atoms with Crippen LogP contribution in [0.15, 0.2) is 18.3 Å². The van der Waals surface area contributed by atoms with Crippen molar-refractivity contribution in [1.82, 2.24) is 4.98 Å². The van der Waals surface area contributed by atoms with Gasteiger partial charge in [-0.25, -0.2) is 0 Å². The van der Waals surface area contributed by atoms with Crippen molar-refractivity contribution in [2.45, 2.75) is 18.4 Å². The first-order valence-corrected chi connectivity index (χ1v) is 3.96. The van der Waals surface area contributed by atoms with Gasteiger partial charge in [-0.3, -0.25) is 4.98 Å². The third-order valence-electron chi connectivity index (χ3n) is 2.38. The highest BCUT2D eigenvalue weighted by Gasteiger charge is 2.35. The zero-order chi connectivity index (χ0) is 8.60. The predicted molar refractivity (Wildman–Crippen MR) is 44.5 cm³/mol. The van der Waals surface area contributed by atoms with Crippen LogP contribution in [0.5, 0.6) is 0 Å². The molecule has 3 nitrogen and oxygen atoms in total.